The van der Waals surface area contributed by atoms with Gasteiger partial charge >= 0.3 is 0 Å². The fourth-order valence-corrected chi connectivity index (χ4v) is 13.3. The molecule has 0 bridgehead atoms. The lowest BCUT2D eigenvalue weighted by molar-refractivity contribution is -0.144. The van der Waals surface area contributed by atoms with E-state index in [1.54, 1.807) is 31.8 Å². The Balaban J connectivity index is 0.684. The average molecular weight is 1190 g/mol. The zero-order chi connectivity index (χ0) is 59.0. The van der Waals surface area contributed by atoms with Gasteiger partial charge in [-0.05, 0) is 97.9 Å². The standard InChI is InChI=1S/C62H77ClN11O7PS/c1-40-56(83-39-66-40)44-20-16-43(17-21-44)36-64-59(78)51-35-47(75)38-74(51)60(79)57(62(2,3)4)69-54(76)24-18-41-12-14-42(15-13-41)19-25-55(77)73-32-30-72(31-33-73)45-26-28-71(29-27-45)46-22-23-49(52(34-46)81-5)68-61-65-37-48(63)58(70-61)67-50-10-8-9-11-53(50)82(6,7)80/h8-17,20-23,34,37,39,45,47,51,57,75H,18-19,24-33,35-36,38H2,1-7H3,(H,64,78)(H,69,76)(H2,65,67,68,70)/t47-,51+,57?/m1/s1. The summed E-state index contributed by atoms with van der Waals surface area (Å²) in [4.78, 5) is 77.5. The Morgan fingerprint density at radius 1 is 0.843 bits per heavy atom. The van der Waals surface area contributed by atoms with E-state index in [-0.39, 0.29) is 43.7 Å². The molecule has 3 atom stereocenters. The normalized spacial score (nSPS) is 17.5. The van der Waals surface area contributed by atoms with E-state index in [0.717, 1.165) is 77.5 Å². The van der Waals surface area contributed by atoms with Crippen LogP contribution >= 0.6 is 30.1 Å². The van der Waals surface area contributed by atoms with Crippen molar-refractivity contribution in [3.63, 3.8) is 0 Å². The van der Waals surface area contributed by atoms with E-state index < -0.39 is 36.7 Å². The number of aliphatic hydroxyl groups excluding tert-OH is 1. The van der Waals surface area contributed by atoms with Crippen LogP contribution in [0.5, 0.6) is 5.75 Å². The number of thiazole rings is 1. The fourth-order valence-electron chi connectivity index (χ4n) is 11.2. The van der Waals surface area contributed by atoms with Gasteiger partial charge in [0.05, 0.1) is 46.9 Å². The number of carbonyl (C=O) groups is 4. The van der Waals surface area contributed by atoms with E-state index in [1.807, 2.05) is 123 Å². The number of hydrogen-bond acceptors (Lipinski definition) is 15. The van der Waals surface area contributed by atoms with Crippen molar-refractivity contribution in [1.29, 1.82) is 0 Å². The molecule has 3 aliphatic rings. The summed E-state index contributed by atoms with van der Waals surface area (Å²) in [6.45, 7) is 16.2. The molecular weight excluding hydrogens is 1110 g/mol. The molecule has 83 heavy (non-hydrogen) atoms. The minimum atomic E-state index is -2.57. The number of aryl methyl sites for hydroxylation is 3. The van der Waals surface area contributed by atoms with Gasteiger partial charge in [-0.25, -0.2) is 9.97 Å². The molecule has 4 amide bonds. The number of hydrogen-bond donors (Lipinski definition) is 5. The van der Waals surface area contributed by atoms with Gasteiger partial charge in [-0.15, -0.1) is 11.3 Å². The number of nitrogens with zero attached hydrogens (tertiary/aromatic N) is 7. The van der Waals surface area contributed by atoms with Gasteiger partial charge in [-0.2, -0.15) is 4.98 Å². The maximum absolute atomic E-state index is 14.2. The largest absolute Gasteiger partial charge is 0.494 e. The number of nitrogens with one attached hydrogen (secondary N) is 4. The van der Waals surface area contributed by atoms with Crippen molar-refractivity contribution in [3.05, 3.63) is 130 Å². The first-order chi connectivity index (χ1) is 39.7. The number of amides is 4. The number of piperidine rings is 1. The quantitative estimate of drug-likeness (QED) is 0.0452. The van der Waals surface area contributed by atoms with Crippen LogP contribution in [0.25, 0.3) is 10.4 Å². The van der Waals surface area contributed by atoms with Crippen molar-refractivity contribution in [2.45, 2.75) is 103 Å². The molecule has 5 heterocycles. The Kier molecular flexibility index (Phi) is 19.6. The highest BCUT2D eigenvalue weighted by atomic mass is 35.5. The lowest BCUT2D eigenvalue weighted by Gasteiger charge is -2.43. The van der Waals surface area contributed by atoms with Crippen LogP contribution in [-0.4, -0.2) is 149 Å². The molecule has 0 saturated carbocycles. The van der Waals surface area contributed by atoms with Gasteiger partial charge in [-0.3, -0.25) is 24.1 Å². The van der Waals surface area contributed by atoms with Crippen LogP contribution in [0.3, 0.4) is 0 Å². The number of rotatable bonds is 20. The predicted molar refractivity (Wildman–Crippen MR) is 330 cm³/mol. The second-order valence-corrected chi connectivity index (χ2v) is 27.7. The molecule has 1 unspecified atom stereocenters. The summed E-state index contributed by atoms with van der Waals surface area (Å²) in [6, 6.07) is 28.1. The summed E-state index contributed by atoms with van der Waals surface area (Å²) in [5.74, 6) is 0.482. The Bertz CT molecular complexity index is 3300. The number of aromatic nitrogens is 3. The van der Waals surface area contributed by atoms with Crippen LogP contribution in [-0.2, 0) is 43.1 Å². The number of ether oxygens (including phenoxy) is 1. The van der Waals surface area contributed by atoms with Gasteiger partial charge in [0.1, 0.15) is 30.0 Å². The first kappa shape index (κ1) is 60.7. The molecule has 18 nitrogen and oxygen atoms in total. The van der Waals surface area contributed by atoms with Gasteiger partial charge in [0, 0.05) is 94.7 Å². The molecule has 0 aliphatic carbocycles. The molecule has 3 fully saturated rings. The number of likely N-dealkylation sites (tertiary alicyclic amines) is 1. The van der Waals surface area contributed by atoms with Gasteiger partial charge in [0.25, 0.3) is 0 Å². The topological polar surface area (TPSA) is 215 Å². The van der Waals surface area contributed by atoms with Crippen LogP contribution in [0.2, 0.25) is 5.02 Å². The number of para-hydroxylation sites is 1. The highest BCUT2D eigenvalue weighted by Gasteiger charge is 2.44. The third kappa shape index (κ3) is 15.5. The van der Waals surface area contributed by atoms with E-state index in [2.05, 4.69) is 52.1 Å². The zero-order valence-electron chi connectivity index (χ0n) is 48.5. The summed E-state index contributed by atoms with van der Waals surface area (Å²) in [6.07, 6.45) is 4.45. The SMILES string of the molecule is COc1cc(N2CCC(N3CCN(C(=O)CCc4ccc(CCC(=O)NC(C(=O)N5C[C@H](O)C[C@H]5C(=O)NCc5ccc(-c6scnc6C)cc5)C(C)(C)C)cc4)CC3)CC2)ccc1Nc1ncc(Cl)c(Nc2ccccc2P(C)(C)=O)n1. The lowest BCUT2D eigenvalue weighted by Crippen LogP contribution is -2.57. The number of carbonyl (C=O) groups excluding carboxylic acids is 4. The zero-order valence-corrected chi connectivity index (χ0v) is 51.0. The summed E-state index contributed by atoms with van der Waals surface area (Å²) in [5.41, 5.74) is 8.53. The third-order valence-corrected chi connectivity index (χ3v) is 18.7. The molecule has 9 rings (SSSR count). The molecule has 2 aromatic heterocycles. The summed E-state index contributed by atoms with van der Waals surface area (Å²) in [5, 5.41) is 24.2. The number of β-amino-alcohol motifs (C(OH)–C–C–N with tert-alkyl or cyclic N) is 1. The number of anilines is 5. The van der Waals surface area contributed by atoms with E-state index in [1.165, 1.54) is 11.1 Å². The number of halogens is 1. The van der Waals surface area contributed by atoms with E-state index in [9.17, 15) is 28.8 Å². The van der Waals surface area contributed by atoms with Crippen molar-refractivity contribution in [2.24, 2.45) is 5.41 Å². The maximum Gasteiger partial charge on any atom is 0.246 e. The van der Waals surface area contributed by atoms with Crippen LogP contribution < -0.4 is 36.2 Å². The predicted octanol–water partition coefficient (Wildman–Crippen LogP) is 8.79. The number of methoxy groups -OCH3 is 1. The van der Waals surface area contributed by atoms with Gasteiger partial charge in [0.15, 0.2) is 5.82 Å². The van der Waals surface area contributed by atoms with Crippen LogP contribution in [0.1, 0.15) is 75.3 Å². The Morgan fingerprint density at radius 3 is 2.17 bits per heavy atom. The summed E-state index contributed by atoms with van der Waals surface area (Å²) < 4.78 is 18.8. The number of piperazine rings is 1. The van der Waals surface area contributed by atoms with Crippen molar-refractivity contribution < 1.29 is 33.6 Å². The van der Waals surface area contributed by atoms with E-state index >= 15 is 0 Å². The number of aliphatic hydroxyl groups is 1. The highest BCUT2D eigenvalue weighted by Crippen LogP contribution is 2.39. The first-order valence-electron chi connectivity index (χ1n) is 28.5. The minimum absolute atomic E-state index is 0.00222. The fraction of sp³-hybridized carbons (Fsp3) is 0.435. The van der Waals surface area contributed by atoms with Crippen molar-refractivity contribution in [3.8, 4) is 16.2 Å². The van der Waals surface area contributed by atoms with Crippen LogP contribution in [0, 0.1) is 12.3 Å². The van der Waals surface area contributed by atoms with E-state index in [0.29, 0.717) is 77.6 Å². The summed E-state index contributed by atoms with van der Waals surface area (Å²) in [7, 11) is -0.932. The molecule has 21 heteroatoms. The highest BCUT2D eigenvalue weighted by molar-refractivity contribution is 7.70. The van der Waals surface area contributed by atoms with Crippen LogP contribution in [0.4, 0.5) is 28.8 Å². The molecule has 0 spiro atoms. The average Bonchev–Trinajstić information content (AvgIpc) is 4.36. The van der Waals surface area contributed by atoms with Crippen LogP contribution in [0.15, 0.2) is 103 Å². The molecular formula is C62H77ClN11O7PS. The minimum Gasteiger partial charge on any atom is -0.494 e. The molecule has 440 valence electrons. The van der Waals surface area contributed by atoms with Gasteiger partial charge in [-0.1, -0.05) is 93.0 Å². The molecule has 3 saturated heterocycles. The monoisotopic (exact) mass is 1190 g/mol. The third-order valence-electron chi connectivity index (χ3n) is 15.9. The Labute approximate surface area is 496 Å². The molecule has 3 aliphatic heterocycles. The van der Waals surface area contributed by atoms with E-state index in [4.69, 9.17) is 16.3 Å². The molecule has 4 aromatic carbocycles. The molecule has 6 aromatic rings. The van der Waals surface area contributed by atoms with Crippen molar-refractivity contribution in [2.75, 3.05) is 81.8 Å². The second kappa shape index (κ2) is 26.8. The Hall–Kier alpha value is -6.89. The van der Waals surface area contributed by atoms with Crippen molar-refractivity contribution >= 4 is 87.8 Å². The van der Waals surface area contributed by atoms with Gasteiger partial charge < -0.3 is 50.4 Å². The lowest BCUT2D eigenvalue weighted by atomic mass is 9.85. The van der Waals surface area contributed by atoms with Gasteiger partial charge in [0.2, 0.25) is 29.6 Å². The Morgan fingerprint density at radius 2 is 1.52 bits per heavy atom. The maximum atomic E-state index is 14.2. The number of benzene rings is 4. The first-order valence-corrected chi connectivity index (χ1v) is 32.4. The smallest absolute Gasteiger partial charge is 0.246 e. The van der Waals surface area contributed by atoms with Crippen molar-refractivity contribution in [1.82, 2.24) is 40.3 Å². The molecule has 0 radical (unpaired) electrons. The second-order valence-electron chi connectivity index (χ2n) is 23.3. The molecule has 5 N–H and O–H groups in total. The summed E-state index contributed by atoms with van der Waals surface area (Å²) >= 11 is 8.09.